The van der Waals surface area contributed by atoms with Gasteiger partial charge in [0.2, 0.25) is 0 Å². The summed E-state index contributed by atoms with van der Waals surface area (Å²) in [5.41, 5.74) is 0. The molecule has 0 saturated heterocycles. The fourth-order valence-electron chi connectivity index (χ4n) is 6.39. The standard InChI is InChI=1S/C41H81NO/c1-4-6-8-10-12-14-16-18-20-22-24-26-28-30-32-34-36-41(40-42(3)38-39-43)37-35-33-31-29-27-25-23-21-19-17-15-13-11-9-7-5-2/h18-21,41,43H,4-17,22-40H2,1-3H3/b20-18-,21-19-. The number of allylic oxidation sites excluding steroid dienone is 4. The second-order valence-electron chi connectivity index (χ2n) is 13.8. The topological polar surface area (TPSA) is 23.5 Å². The van der Waals surface area contributed by atoms with Gasteiger partial charge < -0.3 is 10.0 Å². The molecule has 0 aliphatic rings. The summed E-state index contributed by atoms with van der Waals surface area (Å²) in [6.45, 7) is 6.85. The van der Waals surface area contributed by atoms with Crippen molar-refractivity contribution in [1.29, 1.82) is 0 Å². The third-order valence-corrected chi connectivity index (χ3v) is 9.30. The van der Waals surface area contributed by atoms with E-state index in [0.29, 0.717) is 0 Å². The Bertz CT molecular complexity index is 514. The average Bonchev–Trinajstić information content (AvgIpc) is 3.00. The van der Waals surface area contributed by atoms with Crippen LogP contribution in [0.2, 0.25) is 0 Å². The zero-order chi connectivity index (χ0) is 31.3. The third-order valence-electron chi connectivity index (χ3n) is 9.30. The highest BCUT2D eigenvalue weighted by molar-refractivity contribution is 4.82. The van der Waals surface area contributed by atoms with Crippen LogP contribution >= 0.6 is 0 Å². The van der Waals surface area contributed by atoms with E-state index < -0.39 is 0 Å². The van der Waals surface area contributed by atoms with Crippen LogP contribution in [-0.4, -0.2) is 36.8 Å². The molecule has 0 aliphatic carbocycles. The second-order valence-corrected chi connectivity index (χ2v) is 13.8. The Morgan fingerprint density at radius 1 is 0.442 bits per heavy atom. The molecule has 0 rings (SSSR count). The van der Waals surface area contributed by atoms with Gasteiger partial charge in [-0.25, -0.2) is 0 Å². The molecule has 0 radical (unpaired) electrons. The van der Waals surface area contributed by atoms with E-state index in [-0.39, 0.29) is 6.61 Å². The smallest absolute Gasteiger partial charge is 0.0558 e. The Labute approximate surface area is 273 Å². The first-order valence-electron chi connectivity index (χ1n) is 19.8. The Kier molecular flexibility index (Phi) is 37.1. The summed E-state index contributed by atoms with van der Waals surface area (Å²) < 4.78 is 0. The fourth-order valence-corrected chi connectivity index (χ4v) is 6.39. The van der Waals surface area contributed by atoms with Gasteiger partial charge in [-0.2, -0.15) is 0 Å². The summed E-state index contributed by atoms with van der Waals surface area (Å²) in [6.07, 6.45) is 51.3. The van der Waals surface area contributed by atoms with Gasteiger partial charge in [-0.1, -0.05) is 167 Å². The summed E-state index contributed by atoms with van der Waals surface area (Å²) in [6, 6.07) is 0. The van der Waals surface area contributed by atoms with Crippen LogP contribution in [0, 0.1) is 5.92 Å². The lowest BCUT2D eigenvalue weighted by Crippen LogP contribution is -2.28. The largest absolute Gasteiger partial charge is 0.395 e. The zero-order valence-electron chi connectivity index (χ0n) is 30.1. The van der Waals surface area contributed by atoms with Crippen LogP contribution in [0.3, 0.4) is 0 Å². The van der Waals surface area contributed by atoms with Crippen LogP contribution < -0.4 is 0 Å². The minimum atomic E-state index is 0.283. The monoisotopic (exact) mass is 604 g/mol. The van der Waals surface area contributed by atoms with Crippen molar-refractivity contribution < 1.29 is 5.11 Å². The van der Waals surface area contributed by atoms with Crippen molar-refractivity contribution in [1.82, 2.24) is 4.90 Å². The molecule has 0 amide bonds. The summed E-state index contributed by atoms with van der Waals surface area (Å²) >= 11 is 0. The molecule has 0 aromatic heterocycles. The van der Waals surface area contributed by atoms with Gasteiger partial charge in [-0.3, -0.25) is 0 Å². The first-order chi connectivity index (χ1) is 21.2. The minimum absolute atomic E-state index is 0.283. The molecule has 0 spiro atoms. The fraction of sp³-hybridized carbons (Fsp3) is 0.902. The molecule has 0 aromatic rings. The summed E-state index contributed by atoms with van der Waals surface area (Å²) in [5.74, 6) is 0.810. The first kappa shape index (κ1) is 42.4. The van der Waals surface area contributed by atoms with Crippen molar-refractivity contribution in [2.45, 2.75) is 206 Å². The molecule has 1 N–H and O–H groups in total. The molecule has 0 atom stereocenters. The predicted octanol–water partition coefficient (Wildman–Crippen LogP) is 13.4. The SMILES string of the molecule is CCCCCCCC/C=C\CCCCCCCCC(CCCCCCCC/C=C\CCCCCCCC)CN(C)CCO. The van der Waals surface area contributed by atoms with Gasteiger partial charge in [0.15, 0.2) is 0 Å². The maximum absolute atomic E-state index is 9.35. The molecule has 0 fully saturated rings. The van der Waals surface area contributed by atoms with E-state index in [1.54, 1.807) is 0 Å². The maximum atomic E-state index is 9.35. The van der Waals surface area contributed by atoms with Gasteiger partial charge in [0.05, 0.1) is 6.61 Å². The number of nitrogens with zero attached hydrogens (tertiary/aromatic N) is 1. The van der Waals surface area contributed by atoms with Gasteiger partial charge in [-0.15, -0.1) is 0 Å². The van der Waals surface area contributed by atoms with Gasteiger partial charge >= 0.3 is 0 Å². The van der Waals surface area contributed by atoms with Crippen molar-refractivity contribution in [2.24, 2.45) is 5.92 Å². The van der Waals surface area contributed by atoms with Gasteiger partial charge in [0.25, 0.3) is 0 Å². The highest BCUT2D eigenvalue weighted by Crippen LogP contribution is 2.21. The highest BCUT2D eigenvalue weighted by Gasteiger charge is 2.11. The molecule has 256 valence electrons. The van der Waals surface area contributed by atoms with Crippen LogP contribution in [0.5, 0.6) is 0 Å². The number of likely N-dealkylation sites (N-methyl/N-ethyl adjacent to an activating group) is 1. The number of hydrogen-bond donors (Lipinski definition) is 1. The molecule has 0 heterocycles. The molecule has 0 aliphatic heterocycles. The maximum Gasteiger partial charge on any atom is 0.0558 e. The summed E-state index contributed by atoms with van der Waals surface area (Å²) in [7, 11) is 2.19. The van der Waals surface area contributed by atoms with Crippen LogP contribution in [0.15, 0.2) is 24.3 Å². The van der Waals surface area contributed by atoms with E-state index in [2.05, 4.69) is 50.1 Å². The number of unbranched alkanes of at least 4 members (excludes halogenated alkanes) is 24. The normalized spacial score (nSPS) is 12.2. The Hall–Kier alpha value is -0.600. The van der Waals surface area contributed by atoms with Crippen LogP contribution in [0.25, 0.3) is 0 Å². The predicted molar refractivity (Wildman–Crippen MR) is 196 cm³/mol. The molecule has 0 aromatic carbocycles. The van der Waals surface area contributed by atoms with Crippen LogP contribution in [-0.2, 0) is 0 Å². The van der Waals surface area contributed by atoms with Crippen LogP contribution in [0.4, 0.5) is 0 Å². The number of rotatable bonds is 36. The van der Waals surface area contributed by atoms with E-state index in [0.717, 1.165) is 19.0 Å². The lowest BCUT2D eigenvalue weighted by atomic mass is 9.93. The number of aliphatic hydroxyl groups excluding tert-OH is 1. The highest BCUT2D eigenvalue weighted by atomic mass is 16.3. The molecule has 2 nitrogen and oxygen atoms in total. The molecule has 0 bridgehead atoms. The lowest BCUT2D eigenvalue weighted by Gasteiger charge is -2.23. The zero-order valence-corrected chi connectivity index (χ0v) is 30.1. The molecule has 43 heavy (non-hydrogen) atoms. The van der Waals surface area contributed by atoms with Gasteiger partial charge in [-0.05, 0) is 77.2 Å². The molecule has 2 heteroatoms. The third kappa shape index (κ3) is 35.7. The molecule has 0 saturated carbocycles. The van der Waals surface area contributed by atoms with E-state index in [4.69, 9.17) is 0 Å². The van der Waals surface area contributed by atoms with Crippen molar-refractivity contribution in [2.75, 3.05) is 26.7 Å². The van der Waals surface area contributed by atoms with E-state index in [1.807, 2.05) is 0 Å². The molecule has 0 unspecified atom stereocenters. The Morgan fingerprint density at radius 3 is 1.07 bits per heavy atom. The van der Waals surface area contributed by atoms with Crippen molar-refractivity contribution in [3.05, 3.63) is 24.3 Å². The van der Waals surface area contributed by atoms with E-state index in [9.17, 15) is 5.11 Å². The minimum Gasteiger partial charge on any atom is -0.395 e. The van der Waals surface area contributed by atoms with E-state index >= 15 is 0 Å². The summed E-state index contributed by atoms with van der Waals surface area (Å²) in [5, 5.41) is 9.35. The van der Waals surface area contributed by atoms with Crippen molar-refractivity contribution in [3.8, 4) is 0 Å². The lowest BCUT2D eigenvalue weighted by molar-refractivity contribution is 0.192. The summed E-state index contributed by atoms with van der Waals surface area (Å²) in [4.78, 5) is 2.35. The molecular weight excluding hydrogens is 522 g/mol. The second kappa shape index (κ2) is 37.6. The van der Waals surface area contributed by atoms with Crippen molar-refractivity contribution >= 4 is 0 Å². The Balaban J connectivity index is 3.73. The van der Waals surface area contributed by atoms with Crippen LogP contribution in [0.1, 0.15) is 206 Å². The molecular formula is C41H81NO. The van der Waals surface area contributed by atoms with Gasteiger partial charge in [0.1, 0.15) is 0 Å². The quantitative estimate of drug-likeness (QED) is 0.0569. The first-order valence-corrected chi connectivity index (χ1v) is 19.8. The van der Waals surface area contributed by atoms with Gasteiger partial charge in [0, 0.05) is 13.1 Å². The van der Waals surface area contributed by atoms with E-state index in [1.165, 1.54) is 193 Å². The average molecular weight is 604 g/mol. The van der Waals surface area contributed by atoms with Crippen molar-refractivity contribution in [3.63, 3.8) is 0 Å². The number of aliphatic hydroxyl groups is 1. The number of hydrogen-bond acceptors (Lipinski definition) is 2. The Morgan fingerprint density at radius 2 is 0.744 bits per heavy atom.